The molecule has 0 spiro atoms. The molecule has 1 fully saturated rings. The Kier molecular flexibility index (Phi) is 5.43. The zero-order chi connectivity index (χ0) is 13.7. The van der Waals surface area contributed by atoms with E-state index in [1.54, 1.807) is 0 Å². The Morgan fingerprint density at radius 3 is 2.63 bits per heavy atom. The summed E-state index contributed by atoms with van der Waals surface area (Å²) in [6.45, 7) is 8.43. The van der Waals surface area contributed by atoms with E-state index in [0.717, 1.165) is 43.6 Å². The van der Waals surface area contributed by atoms with Crippen molar-refractivity contribution in [3.63, 3.8) is 0 Å². The summed E-state index contributed by atoms with van der Waals surface area (Å²) < 4.78 is 6.81. The van der Waals surface area contributed by atoms with E-state index in [1.807, 2.05) is 0 Å². The molecule has 19 heavy (non-hydrogen) atoms. The number of hydrogen-bond acceptors (Lipinski definition) is 2. The van der Waals surface area contributed by atoms with Gasteiger partial charge >= 0.3 is 0 Å². The van der Waals surface area contributed by atoms with Crippen LogP contribution < -0.4 is 5.32 Å². The number of ether oxygens (including phenoxy) is 1. The summed E-state index contributed by atoms with van der Waals surface area (Å²) in [5, 5.41) is 3.61. The van der Waals surface area contributed by atoms with Crippen LogP contribution in [0.15, 0.2) is 28.7 Å². The SMILES string of the molecule is CC(C)CNCC1(Cc2ccc(Br)cc2)CCOC1. The lowest BCUT2D eigenvalue weighted by atomic mass is 9.81. The summed E-state index contributed by atoms with van der Waals surface area (Å²) in [7, 11) is 0. The molecule has 0 amide bonds. The van der Waals surface area contributed by atoms with Crippen LogP contribution in [-0.4, -0.2) is 26.3 Å². The lowest BCUT2D eigenvalue weighted by molar-refractivity contribution is 0.148. The monoisotopic (exact) mass is 325 g/mol. The Balaban J connectivity index is 1.96. The maximum absolute atomic E-state index is 5.66. The van der Waals surface area contributed by atoms with Gasteiger partial charge in [-0.1, -0.05) is 41.9 Å². The summed E-state index contributed by atoms with van der Waals surface area (Å²) in [5.41, 5.74) is 1.68. The topological polar surface area (TPSA) is 21.3 Å². The van der Waals surface area contributed by atoms with Crippen LogP contribution in [0.3, 0.4) is 0 Å². The van der Waals surface area contributed by atoms with Crippen molar-refractivity contribution < 1.29 is 4.74 Å². The number of rotatable bonds is 6. The molecule has 1 atom stereocenters. The van der Waals surface area contributed by atoms with Gasteiger partial charge in [0, 0.05) is 23.0 Å². The second-order valence-corrected chi connectivity index (χ2v) is 7.05. The zero-order valence-corrected chi connectivity index (χ0v) is 13.5. The third-order valence-corrected chi connectivity index (χ3v) is 4.26. The van der Waals surface area contributed by atoms with Gasteiger partial charge in [0.1, 0.15) is 0 Å². The Morgan fingerprint density at radius 2 is 2.05 bits per heavy atom. The van der Waals surface area contributed by atoms with E-state index in [-0.39, 0.29) is 5.41 Å². The first-order valence-electron chi connectivity index (χ1n) is 7.13. The van der Waals surface area contributed by atoms with Crippen LogP contribution in [0.1, 0.15) is 25.8 Å². The molecule has 1 aromatic carbocycles. The van der Waals surface area contributed by atoms with Crippen molar-refractivity contribution in [3.8, 4) is 0 Å². The first-order valence-corrected chi connectivity index (χ1v) is 7.92. The molecule has 1 aromatic rings. The van der Waals surface area contributed by atoms with Crippen molar-refractivity contribution in [1.82, 2.24) is 5.32 Å². The Morgan fingerprint density at radius 1 is 1.32 bits per heavy atom. The standard InChI is InChI=1S/C16H24BrNO/c1-13(2)10-18-11-16(7-8-19-12-16)9-14-3-5-15(17)6-4-14/h3-6,13,18H,7-12H2,1-2H3. The van der Waals surface area contributed by atoms with Crippen LogP contribution in [0.4, 0.5) is 0 Å². The number of halogens is 1. The fraction of sp³-hybridized carbons (Fsp3) is 0.625. The predicted molar refractivity (Wildman–Crippen MR) is 83.4 cm³/mol. The average molecular weight is 326 g/mol. The van der Waals surface area contributed by atoms with Crippen LogP contribution in [0.2, 0.25) is 0 Å². The number of hydrogen-bond donors (Lipinski definition) is 1. The smallest absolute Gasteiger partial charge is 0.0538 e. The van der Waals surface area contributed by atoms with Gasteiger partial charge in [-0.25, -0.2) is 0 Å². The molecule has 1 heterocycles. The van der Waals surface area contributed by atoms with E-state index >= 15 is 0 Å². The molecular formula is C16H24BrNO. The zero-order valence-electron chi connectivity index (χ0n) is 11.9. The van der Waals surface area contributed by atoms with Crippen molar-refractivity contribution >= 4 is 15.9 Å². The van der Waals surface area contributed by atoms with E-state index < -0.39 is 0 Å². The molecule has 1 unspecified atom stereocenters. The first-order chi connectivity index (χ1) is 9.10. The van der Waals surface area contributed by atoms with Gasteiger partial charge in [0.25, 0.3) is 0 Å². The third-order valence-electron chi connectivity index (χ3n) is 3.73. The van der Waals surface area contributed by atoms with Crippen LogP contribution >= 0.6 is 15.9 Å². The fourth-order valence-electron chi connectivity index (χ4n) is 2.65. The Hall–Kier alpha value is -0.380. The molecule has 0 saturated carbocycles. The molecule has 3 heteroatoms. The molecule has 0 aromatic heterocycles. The quantitative estimate of drug-likeness (QED) is 0.862. The van der Waals surface area contributed by atoms with E-state index in [4.69, 9.17) is 4.74 Å². The molecular weight excluding hydrogens is 302 g/mol. The maximum Gasteiger partial charge on any atom is 0.0538 e. The van der Waals surface area contributed by atoms with Gasteiger partial charge in [0.05, 0.1) is 6.61 Å². The largest absolute Gasteiger partial charge is 0.381 e. The molecule has 106 valence electrons. The Bertz CT molecular complexity index is 382. The van der Waals surface area contributed by atoms with Gasteiger partial charge in [0.15, 0.2) is 0 Å². The second-order valence-electron chi connectivity index (χ2n) is 6.13. The minimum atomic E-state index is 0.280. The van der Waals surface area contributed by atoms with Gasteiger partial charge in [-0.3, -0.25) is 0 Å². The summed E-state index contributed by atoms with van der Waals surface area (Å²) in [6.07, 6.45) is 2.26. The summed E-state index contributed by atoms with van der Waals surface area (Å²) in [5.74, 6) is 0.701. The third kappa shape index (κ3) is 4.59. The highest BCUT2D eigenvalue weighted by atomic mass is 79.9. The molecule has 1 aliphatic rings. The lowest BCUT2D eigenvalue weighted by Crippen LogP contribution is -2.38. The second kappa shape index (κ2) is 6.87. The van der Waals surface area contributed by atoms with Gasteiger partial charge in [-0.05, 0) is 43.0 Å². The lowest BCUT2D eigenvalue weighted by Gasteiger charge is -2.28. The maximum atomic E-state index is 5.66. The van der Waals surface area contributed by atoms with Crippen molar-refractivity contribution in [1.29, 1.82) is 0 Å². The van der Waals surface area contributed by atoms with E-state index in [0.29, 0.717) is 5.92 Å². The van der Waals surface area contributed by atoms with Crippen molar-refractivity contribution in [2.45, 2.75) is 26.7 Å². The molecule has 0 radical (unpaired) electrons. The van der Waals surface area contributed by atoms with Crippen molar-refractivity contribution in [2.24, 2.45) is 11.3 Å². The van der Waals surface area contributed by atoms with E-state index in [1.165, 1.54) is 5.56 Å². The van der Waals surface area contributed by atoms with Crippen LogP contribution in [0.25, 0.3) is 0 Å². The predicted octanol–water partition coefficient (Wildman–Crippen LogP) is 3.64. The first kappa shape index (κ1) is 15.0. The molecule has 0 aliphatic carbocycles. The number of benzene rings is 1. The fourth-order valence-corrected chi connectivity index (χ4v) is 2.92. The highest BCUT2D eigenvalue weighted by Crippen LogP contribution is 2.32. The molecule has 1 aliphatic heterocycles. The van der Waals surface area contributed by atoms with Gasteiger partial charge in [-0.15, -0.1) is 0 Å². The highest BCUT2D eigenvalue weighted by molar-refractivity contribution is 9.10. The molecule has 1 saturated heterocycles. The minimum absolute atomic E-state index is 0.280. The van der Waals surface area contributed by atoms with Gasteiger partial charge in [0.2, 0.25) is 0 Å². The number of nitrogens with one attached hydrogen (secondary N) is 1. The highest BCUT2D eigenvalue weighted by Gasteiger charge is 2.34. The van der Waals surface area contributed by atoms with Crippen molar-refractivity contribution in [2.75, 3.05) is 26.3 Å². The van der Waals surface area contributed by atoms with Crippen LogP contribution in [0.5, 0.6) is 0 Å². The molecule has 2 rings (SSSR count). The molecule has 2 nitrogen and oxygen atoms in total. The average Bonchev–Trinajstić information content (AvgIpc) is 2.81. The Labute approximate surface area is 125 Å². The minimum Gasteiger partial charge on any atom is -0.381 e. The van der Waals surface area contributed by atoms with E-state index in [2.05, 4.69) is 59.4 Å². The summed E-state index contributed by atoms with van der Waals surface area (Å²) in [6, 6.07) is 8.68. The molecule has 0 bridgehead atoms. The normalized spacial score (nSPS) is 23.2. The van der Waals surface area contributed by atoms with Crippen molar-refractivity contribution in [3.05, 3.63) is 34.3 Å². The van der Waals surface area contributed by atoms with Gasteiger partial charge in [-0.2, -0.15) is 0 Å². The molecule has 1 N–H and O–H groups in total. The van der Waals surface area contributed by atoms with Crippen LogP contribution in [-0.2, 0) is 11.2 Å². The van der Waals surface area contributed by atoms with Gasteiger partial charge < -0.3 is 10.1 Å². The summed E-state index contributed by atoms with van der Waals surface area (Å²) in [4.78, 5) is 0. The van der Waals surface area contributed by atoms with Crippen LogP contribution in [0, 0.1) is 11.3 Å². The van der Waals surface area contributed by atoms with E-state index in [9.17, 15) is 0 Å². The summed E-state index contributed by atoms with van der Waals surface area (Å²) >= 11 is 3.49.